The molecule has 19 heavy (non-hydrogen) atoms. The van der Waals surface area contributed by atoms with Crippen molar-refractivity contribution >= 4 is 29.3 Å². The monoisotopic (exact) mass is 281 g/mol. The number of carboxylic acids is 1. The van der Waals surface area contributed by atoms with Crippen LogP contribution in [0.15, 0.2) is 29.9 Å². The number of carboxylic acid groups (broad SMARTS) is 1. The van der Waals surface area contributed by atoms with Gasteiger partial charge in [-0.2, -0.15) is 0 Å². The summed E-state index contributed by atoms with van der Waals surface area (Å²) in [6.45, 7) is 0.0687. The van der Waals surface area contributed by atoms with Gasteiger partial charge in [-0.1, -0.05) is 11.6 Å². The van der Waals surface area contributed by atoms with E-state index >= 15 is 0 Å². The van der Waals surface area contributed by atoms with Gasteiger partial charge in [-0.3, -0.25) is 10.1 Å². The molecule has 0 aromatic heterocycles. The van der Waals surface area contributed by atoms with Crippen molar-refractivity contribution in [3.63, 3.8) is 0 Å². The van der Waals surface area contributed by atoms with Crippen LogP contribution in [0, 0.1) is 10.1 Å². The predicted molar refractivity (Wildman–Crippen MR) is 68.4 cm³/mol. The van der Waals surface area contributed by atoms with Gasteiger partial charge in [0.15, 0.2) is 0 Å². The lowest BCUT2D eigenvalue weighted by Gasteiger charge is -2.16. The first kappa shape index (κ1) is 13.1. The van der Waals surface area contributed by atoms with Crippen molar-refractivity contribution in [1.29, 1.82) is 0 Å². The number of nitro groups is 1. The lowest BCUT2D eigenvalue weighted by Crippen LogP contribution is -2.08. The molecule has 0 bridgehead atoms. The Morgan fingerprint density at radius 2 is 2.26 bits per heavy atom. The van der Waals surface area contributed by atoms with E-state index in [1.807, 2.05) is 0 Å². The molecule has 0 aliphatic carbocycles. The molecule has 0 saturated heterocycles. The number of hydrogen-bond acceptors (Lipinski definition) is 4. The largest absolute Gasteiger partial charge is 0.482 e. The summed E-state index contributed by atoms with van der Waals surface area (Å²) in [5, 5.41) is 19.6. The third-order valence-electron chi connectivity index (χ3n) is 2.42. The highest BCUT2D eigenvalue weighted by Gasteiger charge is 2.23. The number of benzene rings is 1. The van der Waals surface area contributed by atoms with Crippen LogP contribution < -0.4 is 4.74 Å². The molecule has 0 atom stereocenters. The Kier molecular flexibility index (Phi) is 3.52. The molecule has 0 saturated carbocycles. The summed E-state index contributed by atoms with van der Waals surface area (Å²) < 4.78 is 5.30. The fourth-order valence-electron chi connectivity index (χ4n) is 1.67. The van der Waals surface area contributed by atoms with Crippen LogP contribution in [-0.2, 0) is 4.79 Å². The summed E-state index contributed by atoms with van der Waals surface area (Å²) in [4.78, 5) is 20.7. The first-order chi connectivity index (χ1) is 8.97. The van der Waals surface area contributed by atoms with Crippen molar-refractivity contribution in [3.8, 4) is 5.75 Å². The predicted octanol–water partition coefficient (Wildman–Crippen LogP) is 2.66. The van der Waals surface area contributed by atoms with E-state index in [2.05, 4.69) is 0 Å². The molecule has 7 heteroatoms. The molecule has 98 valence electrons. The summed E-state index contributed by atoms with van der Waals surface area (Å²) >= 11 is 5.80. The molecule has 1 N–H and O–H groups in total. The Morgan fingerprint density at radius 3 is 2.89 bits per heavy atom. The van der Waals surface area contributed by atoms with E-state index in [4.69, 9.17) is 21.4 Å². The number of aliphatic carboxylic acids is 1. The maximum absolute atomic E-state index is 10.9. The highest BCUT2D eigenvalue weighted by Crippen LogP contribution is 2.38. The maximum Gasteiger partial charge on any atom is 0.328 e. The zero-order valence-corrected chi connectivity index (χ0v) is 10.3. The topological polar surface area (TPSA) is 89.7 Å². The molecule has 1 aliphatic heterocycles. The van der Waals surface area contributed by atoms with Crippen LogP contribution >= 0.6 is 11.6 Å². The van der Waals surface area contributed by atoms with E-state index in [0.717, 1.165) is 6.08 Å². The molecule has 1 aliphatic rings. The second kappa shape index (κ2) is 5.11. The highest BCUT2D eigenvalue weighted by atomic mass is 35.5. The van der Waals surface area contributed by atoms with Crippen LogP contribution in [0.5, 0.6) is 5.75 Å². The fourth-order valence-corrected chi connectivity index (χ4v) is 1.89. The Labute approximate surface area is 112 Å². The molecular formula is C12H8ClNO5. The van der Waals surface area contributed by atoms with E-state index in [0.29, 0.717) is 11.1 Å². The Hall–Kier alpha value is -2.34. The van der Waals surface area contributed by atoms with Crippen molar-refractivity contribution < 1.29 is 19.6 Å². The molecule has 0 unspecified atom stereocenters. The summed E-state index contributed by atoms with van der Waals surface area (Å²) in [5.41, 5.74) is 0.835. The van der Waals surface area contributed by atoms with E-state index < -0.39 is 10.9 Å². The van der Waals surface area contributed by atoms with Crippen LogP contribution in [0.3, 0.4) is 0 Å². The summed E-state index contributed by atoms with van der Waals surface area (Å²) in [6, 6.07) is 2.74. The highest BCUT2D eigenvalue weighted by molar-refractivity contribution is 6.31. The van der Waals surface area contributed by atoms with Gasteiger partial charge in [-0.25, -0.2) is 4.79 Å². The van der Waals surface area contributed by atoms with Gasteiger partial charge in [-0.15, -0.1) is 0 Å². The molecule has 0 amide bonds. The molecule has 0 radical (unpaired) electrons. The van der Waals surface area contributed by atoms with Gasteiger partial charge in [0.05, 0.1) is 4.92 Å². The molecule has 1 aromatic carbocycles. The SMILES string of the molecule is O=C(O)C=CC1=Cc2cc(Cl)cc([N+](=O)[O-])c2OC1. The minimum Gasteiger partial charge on any atom is -0.482 e. The zero-order chi connectivity index (χ0) is 14.0. The third-order valence-corrected chi connectivity index (χ3v) is 2.64. The number of ether oxygens (including phenoxy) is 1. The first-order valence-corrected chi connectivity index (χ1v) is 5.57. The summed E-state index contributed by atoms with van der Waals surface area (Å²) in [7, 11) is 0. The molecule has 1 aromatic rings. The quantitative estimate of drug-likeness (QED) is 0.522. The minimum absolute atomic E-state index is 0.0687. The molecule has 0 fully saturated rings. The Bertz CT molecular complexity index is 621. The second-order valence-corrected chi connectivity index (χ2v) is 4.22. The Morgan fingerprint density at radius 1 is 1.53 bits per heavy atom. The number of rotatable bonds is 3. The lowest BCUT2D eigenvalue weighted by atomic mass is 10.1. The number of nitro benzene ring substituents is 1. The zero-order valence-electron chi connectivity index (χ0n) is 9.50. The van der Waals surface area contributed by atoms with Crippen molar-refractivity contribution in [3.05, 3.63) is 50.6 Å². The number of halogens is 1. The maximum atomic E-state index is 10.9. The van der Waals surface area contributed by atoms with Crippen molar-refractivity contribution in [2.75, 3.05) is 6.61 Å². The van der Waals surface area contributed by atoms with Gasteiger partial charge < -0.3 is 9.84 Å². The summed E-state index contributed by atoms with van der Waals surface area (Å²) in [6.07, 6.45) is 3.95. The molecule has 1 heterocycles. The number of carbonyl (C=O) groups is 1. The fraction of sp³-hybridized carbons (Fsp3) is 0.0833. The smallest absolute Gasteiger partial charge is 0.328 e. The van der Waals surface area contributed by atoms with E-state index in [-0.39, 0.29) is 23.1 Å². The van der Waals surface area contributed by atoms with E-state index in [1.54, 1.807) is 6.08 Å². The standard InChI is InChI=1S/C12H8ClNO5/c13-9-4-8-3-7(1-2-11(15)16)6-19-12(8)10(5-9)14(17)18/h1-5H,6H2,(H,15,16). The van der Waals surface area contributed by atoms with Gasteiger partial charge >= 0.3 is 11.7 Å². The van der Waals surface area contributed by atoms with Crippen molar-refractivity contribution in [2.24, 2.45) is 0 Å². The third kappa shape index (κ3) is 2.92. The van der Waals surface area contributed by atoms with E-state index in [9.17, 15) is 14.9 Å². The normalized spacial score (nSPS) is 13.6. The molecule has 6 nitrogen and oxygen atoms in total. The van der Waals surface area contributed by atoms with Crippen LogP contribution in [0.25, 0.3) is 6.08 Å². The average molecular weight is 282 g/mol. The van der Waals surface area contributed by atoms with Crippen LogP contribution in [0.4, 0.5) is 5.69 Å². The first-order valence-electron chi connectivity index (χ1n) is 5.19. The average Bonchev–Trinajstić information content (AvgIpc) is 2.34. The molecular weight excluding hydrogens is 274 g/mol. The van der Waals surface area contributed by atoms with Gasteiger partial charge in [-0.05, 0) is 23.8 Å². The Balaban J connectivity index is 2.45. The molecule has 0 spiro atoms. The van der Waals surface area contributed by atoms with Gasteiger partial charge in [0.2, 0.25) is 5.75 Å². The van der Waals surface area contributed by atoms with Crippen LogP contribution in [0.1, 0.15) is 5.56 Å². The minimum atomic E-state index is -1.08. The van der Waals surface area contributed by atoms with Gasteiger partial charge in [0, 0.05) is 22.7 Å². The van der Waals surface area contributed by atoms with Gasteiger partial charge in [0.1, 0.15) is 6.61 Å². The summed E-state index contributed by atoms with van der Waals surface area (Å²) in [5.74, 6) is -0.939. The van der Waals surface area contributed by atoms with Crippen LogP contribution in [0.2, 0.25) is 5.02 Å². The van der Waals surface area contributed by atoms with Gasteiger partial charge in [0.25, 0.3) is 0 Å². The number of hydrogen-bond donors (Lipinski definition) is 1. The van der Waals surface area contributed by atoms with Crippen LogP contribution in [-0.4, -0.2) is 22.6 Å². The number of nitrogens with zero attached hydrogens (tertiary/aromatic N) is 1. The van der Waals surface area contributed by atoms with E-state index in [1.165, 1.54) is 18.2 Å². The number of fused-ring (bicyclic) bond motifs is 1. The lowest BCUT2D eigenvalue weighted by molar-refractivity contribution is -0.385. The van der Waals surface area contributed by atoms with Crippen molar-refractivity contribution in [2.45, 2.75) is 0 Å². The van der Waals surface area contributed by atoms with Crippen molar-refractivity contribution in [1.82, 2.24) is 0 Å². The molecule has 2 rings (SSSR count). The second-order valence-electron chi connectivity index (χ2n) is 3.78.